The average Bonchev–Trinajstić information content (AvgIpc) is 2.00. The Labute approximate surface area is 72.5 Å². The van der Waals surface area contributed by atoms with Gasteiger partial charge < -0.3 is 10.2 Å². The second-order valence-corrected chi connectivity index (χ2v) is 5.10. The number of rotatable bonds is 5. The van der Waals surface area contributed by atoms with Crippen LogP contribution in [0.15, 0.2) is 0 Å². The first-order chi connectivity index (χ1) is 5.40. The molecule has 0 saturated heterocycles. The third kappa shape index (κ3) is 4.01. The Bertz CT molecular complexity index is 212. The Balaban J connectivity index is 3.94. The van der Waals surface area contributed by atoms with E-state index in [4.69, 9.17) is 10.2 Å². The average molecular weight is 197 g/mol. The highest BCUT2D eigenvalue weighted by molar-refractivity contribution is 7.90. The zero-order chi connectivity index (χ0) is 9.78. The maximum Gasteiger partial charge on any atom is 0.214 e. The van der Waals surface area contributed by atoms with Gasteiger partial charge in [-0.25, -0.2) is 13.1 Å². The van der Waals surface area contributed by atoms with Crippen LogP contribution < -0.4 is 4.72 Å². The quantitative estimate of drug-likeness (QED) is 0.509. The molecule has 0 aliphatic rings. The van der Waals surface area contributed by atoms with Crippen LogP contribution in [0.1, 0.15) is 13.8 Å². The van der Waals surface area contributed by atoms with Gasteiger partial charge in [-0.05, 0) is 13.8 Å². The molecule has 0 spiro atoms. The minimum absolute atomic E-state index is 0.142. The highest BCUT2D eigenvalue weighted by Gasteiger charge is 2.16. The molecule has 0 heterocycles. The lowest BCUT2D eigenvalue weighted by atomic mass is 10.4. The maximum atomic E-state index is 11.0. The van der Waals surface area contributed by atoms with E-state index in [2.05, 4.69) is 4.72 Å². The third-order valence-corrected chi connectivity index (χ3v) is 3.16. The van der Waals surface area contributed by atoms with E-state index in [1.807, 2.05) is 0 Å². The molecule has 12 heavy (non-hydrogen) atoms. The van der Waals surface area contributed by atoms with E-state index in [0.29, 0.717) is 0 Å². The van der Waals surface area contributed by atoms with Crippen LogP contribution in [0, 0.1) is 0 Å². The number of sulfonamides is 1. The molecule has 1 unspecified atom stereocenters. The minimum atomic E-state index is -3.32. The first kappa shape index (κ1) is 11.8. The van der Waals surface area contributed by atoms with Gasteiger partial charge in [0.05, 0.1) is 18.0 Å². The summed E-state index contributed by atoms with van der Waals surface area (Å²) in [5, 5.41) is 16.7. The summed E-state index contributed by atoms with van der Waals surface area (Å²) in [6.45, 7) is 2.49. The first-order valence-electron chi connectivity index (χ1n) is 3.67. The van der Waals surface area contributed by atoms with Gasteiger partial charge in [0.15, 0.2) is 0 Å². The second-order valence-electron chi connectivity index (χ2n) is 2.78. The van der Waals surface area contributed by atoms with Crippen molar-refractivity contribution in [2.75, 3.05) is 13.2 Å². The van der Waals surface area contributed by atoms with Crippen molar-refractivity contribution in [3.63, 3.8) is 0 Å². The zero-order valence-corrected chi connectivity index (χ0v) is 8.00. The molecule has 0 rings (SSSR count). The second kappa shape index (κ2) is 4.76. The minimum Gasteiger partial charge on any atom is -0.394 e. The highest BCUT2D eigenvalue weighted by atomic mass is 32.2. The maximum absolute atomic E-state index is 11.0. The molecule has 1 atom stereocenters. The number of aliphatic hydroxyl groups is 2. The van der Waals surface area contributed by atoms with Gasteiger partial charge in [-0.2, -0.15) is 0 Å². The fourth-order valence-electron chi connectivity index (χ4n) is 0.444. The molecular formula is C6H15NO4S. The smallest absolute Gasteiger partial charge is 0.214 e. The molecule has 0 saturated carbocycles. The summed E-state index contributed by atoms with van der Waals surface area (Å²) in [4.78, 5) is 0. The molecule has 3 N–H and O–H groups in total. The number of nitrogens with one attached hydrogen (secondary N) is 1. The van der Waals surface area contributed by atoms with Crippen molar-refractivity contribution in [1.29, 1.82) is 0 Å². The fourth-order valence-corrected chi connectivity index (χ4v) is 1.20. The largest absolute Gasteiger partial charge is 0.394 e. The van der Waals surface area contributed by atoms with E-state index in [-0.39, 0.29) is 6.54 Å². The van der Waals surface area contributed by atoms with Crippen LogP contribution in [0.4, 0.5) is 0 Å². The lowest BCUT2D eigenvalue weighted by Crippen LogP contribution is -2.37. The van der Waals surface area contributed by atoms with Crippen LogP contribution >= 0.6 is 0 Å². The number of hydrogen-bond acceptors (Lipinski definition) is 4. The lowest BCUT2D eigenvalue weighted by molar-refractivity contribution is 0.0988. The van der Waals surface area contributed by atoms with Gasteiger partial charge in [-0.1, -0.05) is 0 Å². The highest BCUT2D eigenvalue weighted by Crippen LogP contribution is 1.95. The summed E-state index contributed by atoms with van der Waals surface area (Å²) in [6.07, 6.45) is -1.03. The van der Waals surface area contributed by atoms with Crippen molar-refractivity contribution < 1.29 is 18.6 Å². The van der Waals surface area contributed by atoms with Crippen molar-refractivity contribution in [2.45, 2.75) is 25.2 Å². The summed E-state index contributed by atoms with van der Waals surface area (Å²) in [7, 11) is -3.32. The molecule has 6 heteroatoms. The zero-order valence-electron chi connectivity index (χ0n) is 7.19. The van der Waals surface area contributed by atoms with Crippen molar-refractivity contribution in [2.24, 2.45) is 0 Å². The van der Waals surface area contributed by atoms with E-state index >= 15 is 0 Å². The summed E-state index contributed by atoms with van der Waals surface area (Å²) in [5.41, 5.74) is 0. The molecule has 0 amide bonds. The SMILES string of the molecule is CC(C)S(=O)(=O)NCC(O)CO. The summed E-state index contributed by atoms with van der Waals surface area (Å²) < 4.78 is 24.3. The van der Waals surface area contributed by atoms with Crippen LogP contribution in [0.3, 0.4) is 0 Å². The third-order valence-electron chi connectivity index (χ3n) is 1.35. The lowest BCUT2D eigenvalue weighted by Gasteiger charge is -2.11. The monoisotopic (exact) mass is 197 g/mol. The summed E-state index contributed by atoms with van der Waals surface area (Å²) in [5.74, 6) is 0. The summed E-state index contributed by atoms with van der Waals surface area (Å²) >= 11 is 0. The Kier molecular flexibility index (Phi) is 4.69. The van der Waals surface area contributed by atoms with E-state index in [0.717, 1.165) is 0 Å². The Morgan fingerprint density at radius 2 is 1.92 bits per heavy atom. The normalized spacial score (nSPS) is 15.1. The first-order valence-corrected chi connectivity index (χ1v) is 5.22. The molecule has 0 bridgehead atoms. The van der Waals surface area contributed by atoms with Gasteiger partial charge >= 0.3 is 0 Å². The van der Waals surface area contributed by atoms with Crippen LogP contribution in [0.2, 0.25) is 0 Å². The molecule has 0 radical (unpaired) electrons. The topological polar surface area (TPSA) is 86.6 Å². The molecule has 74 valence electrons. The molecule has 0 aromatic rings. The Hall–Kier alpha value is -0.170. The van der Waals surface area contributed by atoms with Gasteiger partial charge in [0, 0.05) is 6.54 Å². The molecule has 5 nitrogen and oxygen atoms in total. The van der Waals surface area contributed by atoms with Crippen LogP contribution in [-0.4, -0.2) is 43.1 Å². The van der Waals surface area contributed by atoms with Gasteiger partial charge in [0.25, 0.3) is 0 Å². The van der Waals surface area contributed by atoms with Gasteiger partial charge in [-0.3, -0.25) is 0 Å². The van der Waals surface area contributed by atoms with Crippen molar-refractivity contribution >= 4 is 10.0 Å². The van der Waals surface area contributed by atoms with E-state index in [1.165, 1.54) is 13.8 Å². The number of aliphatic hydroxyl groups excluding tert-OH is 2. The predicted octanol–water partition coefficient (Wildman–Crippen LogP) is -1.33. The molecule has 0 aliphatic carbocycles. The van der Waals surface area contributed by atoms with Gasteiger partial charge in [-0.15, -0.1) is 0 Å². The Morgan fingerprint density at radius 3 is 2.25 bits per heavy atom. The van der Waals surface area contributed by atoms with Crippen molar-refractivity contribution in [3.05, 3.63) is 0 Å². The molecular weight excluding hydrogens is 182 g/mol. The van der Waals surface area contributed by atoms with Gasteiger partial charge in [0.2, 0.25) is 10.0 Å². The molecule has 0 aromatic carbocycles. The fraction of sp³-hybridized carbons (Fsp3) is 1.00. The Morgan fingerprint density at radius 1 is 1.42 bits per heavy atom. The van der Waals surface area contributed by atoms with E-state index in [9.17, 15) is 8.42 Å². The molecule has 0 fully saturated rings. The van der Waals surface area contributed by atoms with Gasteiger partial charge in [0.1, 0.15) is 0 Å². The molecule has 0 aromatic heterocycles. The number of hydrogen-bond donors (Lipinski definition) is 3. The molecule has 0 aliphatic heterocycles. The van der Waals surface area contributed by atoms with Crippen LogP contribution in [0.5, 0.6) is 0 Å². The van der Waals surface area contributed by atoms with Crippen molar-refractivity contribution in [1.82, 2.24) is 4.72 Å². The van der Waals surface area contributed by atoms with E-state index in [1.54, 1.807) is 0 Å². The van der Waals surface area contributed by atoms with E-state index < -0.39 is 28.0 Å². The standard InChI is InChI=1S/C6H15NO4S/c1-5(2)12(10,11)7-3-6(9)4-8/h5-9H,3-4H2,1-2H3. The summed E-state index contributed by atoms with van der Waals surface area (Å²) in [6, 6.07) is 0. The van der Waals surface area contributed by atoms with Crippen LogP contribution in [-0.2, 0) is 10.0 Å². The van der Waals surface area contributed by atoms with Crippen molar-refractivity contribution in [3.8, 4) is 0 Å². The predicted molar refractivity (Wildman–Crippen MR) is 45.2 cm³/mol. The van der Waals surface area contributed by atoms with Crippen LogP contribution in [0.25, 0.3) is 0 Å².